The van der Waals surface area contributed by atoms with E-state index in [-0.39, 0.29) is 29.5 Å². The minimum absolute atomic E-state index is 0.00910. The summed E-state index contributed by atoms with van der Waals surface area (Å²) in [5, 5.41) is 15.6. The second-order valence-corrected chi connectivity index (χ2v) is 5.66. The summed E-state index contributed by atoms with van der Waals surface area (Å²) in [6.45, 7) is 4.32. The number of rotatable bonds is 5. The number of nitrogens with zero attached hydrogens (tertiary/aromatic N) is 3. The van der Waals surface area contributed by atoms with Gasteiger partial charge >= 0.3 is 5.69 Å². The Hall–Kier alpha value is -1.63. The number of nitro groups is 1. The van der Waals surface area contributed by atoms with E-state index in [2.05, 4.69) is 5.10 Å². The molecule has 0 radical (unpaired) electrons. The molecule has 0 amide bonds. The third-order valence-electron chi connectivity index (χ3n) is 3.88. The van der Waals surface area contributed by atoms with Gasteiger partial charge in [0, 0.05) is 18.9 Å². The van der Waals surface area contributed by atoms with Gasteiger partial charge in [-0.05, 0) is 25.8 Å². The number of aryl methyl sites for hydroxylation is 1. The summed E-state index contributed by atoms with van der Waals surface area (Å²) in [4.78, 5) is 10.9. The van der Waals surface area contributed by atoms with E-state index in [9.17, 15) is 10.1 Å². The molecule has 1 aliphatic rings. The molecule has 1 aromatic heterocycles. The summed E-state index contributed by atoms with van der Waals surface area (Å²) >= 11 is 0. The summed E-state index contributed by atoms with van der Waals surface area (Å²) in [6.07, 6.45) is 2.91. The number of aromatic nitrogens is 2. The maximum atomic E-state index is 11.3. The van der Waals surface area contributed by atoms with Crippen LogP contribution < -0.4 is 10.5 Å². The molecule has 112 valence electrons. The van der Waals surface area contributed by atoms with E-state index in [0.29, 0.717) is 12.2 Å². The fourth-order valence-electron chi connectivity index (χ4n) is 2.78. The minimum Gasteiger partial charge on any atom is -0.469 e. The highest BCUT2D eigenvalue weighted by atomic mass is 16.6. The van der Waals surface area contributed by atoms with Crippen LogP contribution in [0.1, 0.15) is 44.7 Å². The summed E-state index contributed by atoms with van der Waals surface area (Å²) < 4.78 is 7.38. The Morgan fingerprint density at radius 1 is 1.55 bits per heavy atom. The van der Waals surface area contributed by atoms with Crippen LogP contribution in [0.3, 0.4) is 0 Å². The van der Waals surface area contributed by atoms with E-state index < -0.39 is 4.92 Å². The highest BCUT2D eigenvalue weighted by Gasteiger charge is 2.35. The Morgan fingerprint density at radius 3 is 2.80 bits per heavy atom. The van der Waals surface area contributed by atoms with Gasteiger partial charge in [-0.2, -0.15) is 5.10 Å². The molecule has 0 saturated heterocycles. The van der Waals surface area contributed by atoms with Gasteiger partial charge in [0.15, 0.2) is 0 Å². The first-order valence-electron chi connectivity index (χ1n) is 7.03. The van der Waals surface area contributed by atoms with Gasteiger partial charge in [-0.15, -0.1) is 0 Å². The second kappa shape index (κ2) is 5.78. The van der Waals surface area contributed by atoms with Gasteiger partial charge in [-0.3, -0.25) is 10.1 Å². The average molecular weight is 282 g/mol. The van der Waals surface area contributed by atoms with Crippen LogP contribution in [0.2, 0.25) is 0 Å². The zero-order chi connectivity index (χ0) is 14.9. The summed E-state index contributed by atoms with van der Waals surface area (Å²) in [5.74, 6) is 0.504. The first kappa shape index (κ1) is 14.8. The van der Waals surface area contributed by atoms with E-state index in [1.807, 2.05) is 13.8 Å². The number of hydrogen-bond donors (Lipinski definition) is 1. The van der Waals surface area contributed by atoms with Crippen LogP contribution in [0, 0.1) is 16.0 Å². The predicted octanol–water partition coefficient (Wildman–Crippen LogP) is 1.96. The normalized spacial score (nSPS) is 22.4. The van der Waals surface area contributed by atoms with Crippen molar-refractivity contribution in [1.82, 2.24) is 9.78 Å². The zero-order valence-electron chi connectivity index (χ0n) is 12.2. The van der Waals surface area contributed by atoms with Crippen LogP contribution in [0.15, 0.2) is 0 Å². The third-order valence-corrected chi connectivity index (χ3v) is 3.88. The Labute approximate surface area is 118 Å². The molecule has 0 aliphatic heterocycles. The molecule has 1 aliphatic carbocycles. The molecule has 7 heteroatoms. The van der Waals surface area contributed by atoms with Gasteiger partial charge in [0.05, 0.1) is 4.92 Å². The molecule has 2 rings (SSSR count). The van der Waals surface area contributed by atoms with Gasteiger partial charge in [-0.1, -0.05) is 13.8 Å². The predicted molar refractivity (Wildman–Crippen MR) is 74.8 cm³/mol. The van der Waals surface area contributed by atoms with Gasteiger partial charge in [0.2, 0.25) is 0 Å². The van der Waals surface area contributed by atoms with Crippen LogP contribution in [-0.2, 0) is 7.05 Å². The monoisotopic (exact) mass is 282 g/mol. The summed E-state index contributed by atoms with van der Waals surface area (Å²) in [5.41, 5.74) is 6.19. The van der Waals surface area contributed by atoms with Crippen molar-refractivity contribution in [3.05, 3.63) is 15.8 Å². The number of nitrogens with two attached hydrogens (primary N) is 1. The molecule has 1 aromatic rings. The quantitative estimate of drug-likeness (QED) is 0.657. The lowest BCUT2D eigenvalue weighted by atomic mass is 10.1. The first-order chi connectivity index (χ1) is 9.45. The molecule has 2 atom stereocenters. The molecule has 0 spiro atoms. The Kier molecular flexibility index (Phi) is 4.27. The maximum Gasteiger partial charge on any atom is 0.353 e. The Bertz CT molecular complexity index is 498. The maximum absolute atomic E-state index is 11.3. The molecular weight excluding hydrogens is 260 g/mol. The number of hydrogen-bond acceptors (Lipinski definition) is 5. The largest absolute Gasteiger partial charge is 0.469 e. The van der Waals surface area contributed by atoms with Gasteiger partial charge < -0.3 is 10.5 Å². The SMILES string of the molecule is CC(C)c1nn(C)c(OC2CCCC2CN)c1[N+](=O)[O-]. The fraction of sp³-hybridized carbons (Fsp3) is 0.769. The second-order valence-electron chi connectivity index (χ2n) is 5.66. The lowest BCUT2D eigenvalue weighted by Gasteiger charge is -2.19. The van der Waals surface area contributed by atoms with E-state index in [1.54, 1.807) is 7.05 Å². The van der Waals surface area contributed by atoms with Crippen molar-refractivity contribution in [2.75, 3.05) is 6.54 Å². The van der Waals surface area contributed by atoms with Crippen LogP contribution in [-0.4, -0.2) is 27.4 Å². The lowest BCUT2D eigenvalue weighted by Crippen LogP contribution is -2.28. The molecule has 2 unspecified atom stereocenters. The number of ether oxygens (including phenoxy) is 1. The van der Waals surface area contributed by atoms with Crippen molar-refractivity contribution >= 4 is 5.69 Å². The highest BCUT2D eigenvalue weighted by molar-refractivity contribution is 5.47. The van der Waals surface area contributed by atoms with Crippen molar-refractivity contribution < 1.29 is 9.66 Å². The van der Waals surface area contributed by atoms with Crippen LogP contribution in [0.25, 0.3) is 0 Å². The molecule has 1 fully saturated rings. The lowest BCUT2D eigenvalue weighted by molar-refractivity contribution is -0.387. The smallest absolute Gasteiger partial charge is 0.353 e. The molecule has 1 saturated carbocycles. The van der Waals surface area contributed by atoms with Gasteiger partial charge in [0.25, 0.3) is 5.88 Å². The van der Waals surface area contributed by atoms with Crippen molar-refractivity contribution in [2.45, 2.75) is 45.1 Å². The van der Waals surface area contributed by atoms with E-state index in [4.69, 9.17) is 10.5 Å². The first-order valence-corrected chi connectivity index (χ1v) is 7.03. The van der Waals surface area contributed by atoms with Crippen molar-refractivity contribution in [3.63, 3.8) is 0 Å². The summed E-state index contributed by atoms with van der Waals surface area (Å²) in [6, 6.07) is 0. The van der Waals surface area contributed by atoms with Crippen molar-refractivity contribution in [2.24, 2.45) is 18.7 Å². The minimum atomic E-state index is -0.399. The van der Waals surface area contributed by atoms with Crippen LogP contribution >= 0.6 is 0 Å². The molecule has 20 heavy (non-hydrogen) atoms. The topological polar surface area (TPSA) is 96.2 Å². The van der Waals surface area contributed by atoms with Gasteiger partial charge in [0.1, 0.15) is 11.8 Å². The van der Waals surface area contributed by atoms with Crippen LogP contribution in [0.4, 0.5) is 5.69 Å². The molecule has 1 heterocycles. The van der Waals surface area contributed by atoms with Gasteiger partial charge in [-0.25, -0.2) is 4.68 Å². The van der Waals surface area contributed by atoms with Crippen molar-refractivity contribution in [3.8, 4) is 5.88 Å². The molecule has 0 aromatic carbocycles. The average Bonchev–Trinajstić information content (AvgIpc) is 2.95. The molecule has 0 bridgehead atoms. The zero-order valence-corrected chi connectivity index (χ0v) is 12.2. The fourth-order valence-corrected chi connectivity index (χ4v) is 2.78. The third kappa shape index (κ3) is 2.63. The molecular formula is C13H22N4O3. The van der Waals surface area contributed by atoms with Crippen molar-refractivity contribution in [1.29, 1.82) is 0 Å². The Morgan fingerprint density at radius 2 is 2.25 bits per heavy atom. The standard InChI is InChI=1S/C13H22N4O3/c1-8(2)11-12(17(18)19)13(16(3)15-11)20-10-6-4-5-9(10)7-14/h8-10H,4-7,14H2,1-3H3. The molecule has 7 nitrogen and oxygen atoms in total. The van der Waals surface area contributed by atoms with E-state index in [1.165, 1.54) is 4.68 Å². The van der Waals surface area contributed by atoms with E-state index >= 15 is 0 Å². The summed E-state index contributed by atoms with van der Waals surface area (Å²) in [7, 11) is 1.68. The Balaban J connectivity index is 2.33. The molecule has 2 N–H and O–H groups in total. The van der Waals surface area contributed by atoms with E-state index in [0.717, 1.165) is 19.3 Å². The van der Waals surface area contributed by atoms with Crippen LogP contribution in [0.5, 0.6) is 5.88 Å². The highest BCUT2D eigenvalue weighted by Crippen LogP contribution is 2.37.